The summed E-state index contributed by atoms with van der Waals surface area (Å²) < 4.78 is 0. The number of carbonyl (C=O) groups is 2. The fourth-order valence-electron chi connectivity index (χ4n) is 1.64. The molecule has 0 saturated carbocycles. The zero-order valence-electron chi connectivity index (χ0n) is 10.3. The molecule has 0 aliphatic rings. The van der Waals surface area contributed by atoms with Crippen LogP contribution in [0.2, 0.25) is 0 Å². The van der Waals surface area contributed by atoms with E-state index in [4.69, 9.17) is 0 Å². The third-order valence-corrected chi connectivity index (χ3v) is 2.58. The van der Waals surface area contributed by atoms with Crippen molar-refractivity contribution >= 4 is 18.0 Å². The van der Waals surface area contributed by atoms with E-state index in [0.29, 0.717) is 17.8 Å². The Bertz CT molecular complexity index is 567. The number of amides is 2. The molecule has 0 spiro atoms. The zero-order valence-corrected chi connectivity index (χ0v) is 10.3. The van der Waals surface area contributed by atoms with E-state index in [1.54, 1.807) is 24.3 Å². The quantitative estimate of drug-likeness (QED) is 0.824. The van der Waals surface area contributed by atoms with Crippen molar-refractivity contribution in [3.05, 3.63) is 65.7 Å². The van der Waals surface area contributed by atoms with Gasteiger partial charge < -0.3 is 10.6 Å². The summed E-state index contributed by atoms with van der Waals surface area (Å²) in [6.07, 6.45) is 0.743. The van der Waals surface area contributed by atoms with Crippen LogP contribution in [0.25, 0.3) is 0 Å². The molecule has 0 radical (unpaired) electrons. The molecule has 0 saturated heterocycles. The van der Waals surface area contributed by atoms with Crippen LogP contribution >= 0.6 is 0 Å². The molecule has 0 aliphatic heterocycles. The molecule has 2 aromatic carbocycles. The molecule has 2 rings (SSSR count). The van der Waals surface area contributed by atoms with E-state index in [2.05, 4.69) is 10.6 Å². The molecule has 0 unspecified atom stereocenters. The molecule has 0 aromatic heterocycles. The highest BCUT2D eigenvalue weighted by Crippen LogP contribution is 2.08. The van der Waals surface area contributed by atoms with Crippen molar-refractivity contribution in [2.45, 2.75) is 6.54 Å². The average molecular weight is 254 g/mol. The summed E-state index contributed by atoms with van der Waals surface area (Å²) in [5.74, 6) is 0. The van der Waals surface area contributed by atoms with Crippen LogP contribution in [0.15, 0.2) is 54.6 Å². The maximum atomic E-state index is 11.7. The minimum atomic E-state index is -0.299. The minimum Gasteiger partial charge on any atom is -0.334 e. The summed E-state index contributed by atoms with van der Waals surface area (Å²) >= 11 is 0. The molecule has 0 aliphatic carbocycles. The third-order valence-electron chi connectivity index (χ3n) is 2.58. The number of rotatable bonds is 4. The topological polar surface area (TPSA) is 58.2 Å². The van der Waals surface area contributed by atoms with Crippen molar-refractivity contribution in [3.63, 3.8) is 0 Å². The van der Waals surface area contributed by atoms with Crippen LogP contribution in [-0.2, 0) is 6.54 Å². The maximum Gasteiger partial charge on any atom is 0.319 e. The fraction of sp³-hybridized carbons (Fsp3) is 0.0667. The van der Waals surface area contributed by atoms with Gasteiger partial charge in [0.15, 0.2) is 0 Å². The van der Waals surface area contributed by atoms with Gasteiger partial charge in [-0.3, -0.25) is 4.79 Å². The molecule has 4 heteroatoms. The van der Waals surface area contributed by atoms with Crippen molar-refractivity contribution < 1.29 is 9.59 Å². The van der Waals surface area contributed by atoms with Gasteiger partial charge in [-0.2, -0.15) is 0 Å². The summed E-state index contributed by atoms with van der Waals surface area (Å²) in [6.45, 7) is 0.458. The highest BCUT2D eigenvalue weighted by atomic mass is 16.2. The number of hydrogen-bond donors (Lipinski definition) is 2. The van der Waals surface area contributed by atoms with Crippen LogP contribution in [0, 0.1) is 0 Å². The Kier molecular flexibility index (Phi) is 4.29. The van der Waals surface area contributed by atoms with Gasteiger partial charge in [0, 0.05) is 17.8 Å². The molecule has 19 heavy (non-hydrogen) atoms. The smallest absolute Gasteiger partial charge is 0.319 e. The molecule has 2 N–H and O–H groups in total. The Labute approximate surface area is 111 Å². The number of benzene rings is 2. The Hall–Kier alpha value is -2.62. The van der Waals surface area contributed by atoms with Gasteiger partial charge in [0.2, 0.25) is 0 Å². The first kappa shape index (κ1) is 12.8. The standard InChI is InChI=1S/C15H14N2O2/c18-11-13-7-4-8-14(9-13)17-15(19)16-10-12-5-2-1-3-6-12/h1-9,11H,10H2,(H2,16,17,19). The van der Waals surface area contributed by atoms with Crippen molar-refractivity contribution in [1.29, 1.82) is 0 Å². The number of anilines is 1. The first-order valence-electron chi connectivity index (χ1n) is 5.92. The molecular weight excluding hydrogens is 240 g/mol. The van der Waals surface area contributed by atoms with Crippen LogP contribution < -0.4 is 10.6 Å². The van der Waals surface area contributed by atoms with Gasteiger partial charge in [0.25, 0.3) is 0 Å². The maximum absolute atomic E-state index is 11.7. The van der Waals surface area contributed by atoms with Crippen LogP contribution in [0.1, 0.15) is 15.9 Å². The number of hydrogen-bond acceptors (Lipinski definition) is 2. The molecule has 0 atom stereocenters. The second kappa shape index (κ2) is 6.35. The molecule has 0 fully saturated rings. The van der Waals surface area contributed by atoms with Gasteiger partial charge in [-0.15, -0.1) is 0 Å². The number of nitrogens with one attached hydrogen (secondary N) is 2. The predicted molar refractivity (Wildman–Crippen MR) is 74.1 cm³/mol. The molecule has 2 aromatic rings. The van der Waals surface area contributed by atoms with E-state index >= 15 is 0 Å². The largest absolute Gasteiger partial charge is 0.334 e. The zero-order chi connectivity index (χ0) is 13.5. The van der Waals surface area contributed by atoms with Crippen molar-refractivity contribution in [2.24, 2.45) is 0 Å². The lowest BCUT2D eigenvalue weighted by Crippen LogP contribution is -2.28. The Morgan fingerprint density at radius 2 is 1.84 bits per heavy atom. The lowest BCUT2D eigenvalue weighted by molar-refractivity contribution is 0.112. The van der Waals surface area contributed by atoms with Gasteiger partial charge in [0.05, 0.1) is 0 Å². The number of aldehydes is 1. The summed E-state index contributed by atoms with van der Waals surface area (Å²) in [6, 6.07) is 16.1. The normalized spacial score (nSPS) is 9.68. The van der Waals surface area contributed by atoms with Gasteiger partial charge in [0.1, 0.15) is 6.29 Å². The lowest BCUT2D eigenvalue weighted by atomic mass is 10.2. The monoisotopic (exact) mass is 254 g/mol. The minimum absolute atomic E-state index is 0.299. The SMILES string of the molecule is O=Cc1cccc(NC(=O)NCc2ccccc2)c1. The lowest BCUT2D eigenvalue weighted by Gasteiger charge is -2.08. The first-order valence-corrected chi connectivity index (χ1v) is 5.92. The van der Waals surface area contributed by atoms with Gasteiger partial charge in [-0.1, -0.05) is 42.5 Å². The third kappa shape index (κ3) is 3.96. The Morgan fingerprint density at radius 3 is 2.58 bits per heavy atom. The number of carbonyl (C=O) groups excluding carboxylic acids is 2. The van der Waals surface area contributed by atoms with E-state index in [9.17, 15) is 9.59 Å². The number of urea groups is 1. The molecule has 4 nitrogen and oxygen atoms in total. The van der Waals surface area contributed by atoms with E-state index in [-0.39, 0.29) is 6.03 Å². The highest BCUT2D eigenvalue weighted by molar-refractivity contribution is 5.90. The molecule has 0 bridgehead atoms. The second-order valence-corrected chi connectivity index (χ2v) is 4.04. The van der Waals surface area contributed by atoms with Gasteiger partial charge in [-0.05, 0) is 17.7 Å². The molecule has 0 heterocycles. The van der Waals surface area contributed by atoms with E-state index in [1.165, 1.54) is 0 Å². The van der Waals surface area contributed by atoms with Crippen molar-refractivity contribution in [1.82, 2.24) is 5.32 Å². The Morgan fingerprint density at radius 1 is 1.05 bits per heavy atom. The highest BCUT2D eigenvalue weighted by Gasteiger charge is 2.02. The summed E-state index contributed by atoms with van der Waals surface area (Å²) in [5, 5.41) is 5.42. The van der Waals surface area contributed by atoms with Crippen LogP contribution in [-0.4, -0.2) is 12.3 Å². The van der Waals surface area contributed by atoms with Crippen molar-refractivity contribution in [3.8, 4) is 0 Å². The predicted octanol–water partition coefficient (Wildman–Crippen LogP) is 2.82. The summed E-state index contributed by atoms with van der Waals surface area (Å²) in [7, 11) is 0. The van der Waals surface area contributed by atoms with Crippen LogP contribution in [0.5, 0.6) is 0 Å². The molecule has 96 valence electrons. The molecule has 2 amide bonds. The van der Waals surface area contributed by atoms with E-state index in [0.717, 1.165) is 11.8 Å². The first-order chi connectivity index (χ1) is 9.28. The molecular formula is C15H14N2O2. The average Bonchev–Trinajstić information content (AvgIpc) is 2.46. The van der Waals surface area contributed by atoms with Gasteiger partial charge in [-0.25, -0.2) is 4.79 Å². The summed E-state index contributed by atoms with van der Waals surface area (Å²) in [5.41, 5.74) is 2.15. The van der Waals surface area contributed by atoms with E-state index < -0.39 is 0 Å². The summed E-state index contributed by atoms with van der Waals surface area (Å²) in [4.78, 5) is 22.3. The van der Waals surface area contributed by atoms with Gasteiger partial charge >= 0.3 is 6.03 Å². The van der Waals surface area contributed by atoms with E-state index in [1.807, 2.05) is 30.3 Å². The van der Waals surface area contributed by atoms with Crippen molar-refractivity contribution in [2.75, 3.05) is 5.32 Å². The second-order valence-electron chi connectivity index (χ2n) is 4.04. The fourth-order valence-corrected chi connectivity index (χ4v) is 1.64. The van der Waals surface area contributed by atoms with Crippen LogP contribution in [0.4, 0.5) is 10.5 Å². The van der Waals surface area contributed by atoms with Crippen LogP contribution in [0.3, 0.4) is 0 Å². The Balaban J connectivity index is 1.89.